The first-order chi connectivity index (χ1) is 17.9. The second kappa shape index (κ2) is 10.4. The van der Waals surface area contributed by atoms with Crippen molar-refractivity contribution in [3.63, 3.8) is 0 Å². The Balaban J connectivity index is 1.69. The molecule has 0 N–H and O–H groups in total. The van der Waals surface area contributed by atoms with Gasteiger partial charge in [-0.05, 0) is 35.2 Å². The van der Waals surface area contributed by atoms with Gasteiger partial charge in [-0.15, -0.1) is 0 Å². The number of aryl methyl sites for hydroxylation is 1. The van der Waals surface area contributed by atoms with Crippen LogP contribution in [-0.2, 0) is 12.5 Å². The third kappa shape index (κ3) is 5.20. The minimum atomic E-state index is -4.99. The normalized spacial score (nSPS) is 11.6. The van der Waals surface area contributed by atoms with Crippen molar-refractivity contribution in [2.24, 2.45) is 0 Å². The quantitative estimate of drug-likeness (QED) is 0.129. The van der Waals surface area contributed by atoms with E-state index in [4.69, 9.17) is 0 Å². The number of hydrogen-bond donors (Lipinski definition) is 0. The molecule has 4 rings (SSSR count). The minimum Gasteiger partial charge on any atom is -0.429 e. The Morgan fingerprint density at radius 3 is 1.79 bits per heavy atom. The van der Waals surface area contributed by atoms with Crippen LogP contribution in [0.1, 0.15) is 24.5 Å². The molecule has 0 heterocycles. The fourth-order valence-electron chi connectivity index (χ4n) is 3.91. The minimum absolute atomic E-state index is 0.0150. The van der Waals surface area contributed by atoms with Crippen molar-refractivity contribution >= 4 is 0 Å². The van der Waals surface area contributed by atoms with E-state index in [0.717, 1.165) is 30.5 Å². The van der Waals surface area contributed by atoms with Crippen LogP contribution in [0.4, 0.5) is 39.5 Å². The van der Waals surface area contributed by atoms with Crippen LogP contribution in [0.3, 0.4) is 0 Å². The number of halogens is 9. The Kier molecular flexibility index (Phi) is 7.44. The molecule has 198 valence electrons. The molecule has 0 fully saturated rings. The van der Waals surface area contributed by atoms with E-state index in [9.17, 15) is 39.5 Å². The Bertz CT molecular complexity index is 1470. The Morgan fingerprint density at radius 1 is 0.605 bits per heavy atom. The third-order valence-electron chi connectivity index (χ3n) is 5.74. The number of benzene rings is 4. The van der Waals surface area contributed by atoms with E-state index < -0.39 is 69.3 Å². The van der Waals surface area contributed by atoms with E-state index >= 15 is 0 Å². The monoisotopic (exact) mass is 540 g/mol. The van der Waals surface area contributed by atoms with Gasteiger partial charge in [0.25, 0.3) is 0 Å². The molecule has 0 unspecified atom stereocenters. The van der Waals surface area contributed by atoms with Gasteiger partial charge in [0.05, 0.1) is 0 Å². The van der Waals surface area contributed by atoms with Crippen LogP contribution in [0.2, 0.25) is 0 Å². The van der Waals surface area contributed by atoms with Crippen LogP contribution in [-0.4, -0.2) is 0 Å². The van der Waals surface area contributed by atoms with Crippen molar-refractivity contribution in [1.82, 2.24) is 0 Å². The molecule has 0 amide bonds. The molecular formula is C28H17F9O. The van der Waals surface area contributed by atoms with Gasteiger partial charge in [0.15, 0.2) is 29.1 Å². The molecule has 0 atom stereocenters. The fourth-order valence-corrected chi connectivity index (χ4v) is 3.91. The van der Waals surface area contributed by atoms with Crippen molar-refractivity contribution in [3.05, 3.63) is 113 Å². The van der Waals surface area contributed by atoms with Gasteiger partial charge >= 0.3 is 6.11 Å². The van der Waals surface area contributed by atoms with E-state index in [0.29, 0.717) is 11.1 Å². The number of rotatable bonds is 7. The lowest BCUT2D eigenvalue weighted by Gasteiger charge is -2.20. The number of ether oxygens (including phenoxy) is 1. The van der Waals surface area contributed by atoms with Gasteiger partial charge in [-0.1, -0.05) is 49.7 Å². The summed E-state index contributed by atoms with van der Waals surface area (Å²) < 4.78 is 132. The van der Waals surface area contributed by atoms with E-state index in [1.54, 1.807) is 12.1 Å². The van der Waals surface area contributed by atoms with Crippen LogP contribution in [0, 0.1) is 40.7 Å². The lowest BCUT2D eigenvalue weighted by molar-refractivity contribution is -0.190. The zero-order chi connectivity index (χ0) is 27.8. The van der Waals surface area contributed by atoms with Crippen molar-refractivity contribution in [2.45, 2.75) is 25.9 Å². The number of alkyl halides is 2. The molecule has 0 saturated heterocycles. The van der Waals surface area contributed by atoms with E-state index in [1.165, 1.54) is 6.07 Å². The highest BCUT2D eigenvalue weighted by Crippen LogP contribution is 2.40. The lowest BCUT2D eigenvalue weighted by atomic mass is 9.97. The first-order valence-corrected chi connectivity index (χ1v) is 11.2. The van der Waals surface area contributed by atoms with E-state index in [1.807, 2.05) is 19.1 Å². The van der Waals surface area contributed by atoms with Gasteiger partial charge in [0.1, 0.15) is 22.9 Å². The van der Waals surface area contributed by atoms with Crippen molar-refractivity contribution < 1.29 is 44.3 Å². The van der Waals surface area contributed by atoms with Crippen LogP contribution < -0.4 is 4.74 Å². The van der Waals surface area contributed by atoms with Gasteiger partial charge in [-0.3, -0.25) is 0 Å². The molecule has 0 aliphatic carbocycles. The SMILES string of the molecule is CCCc1ccc(-c2ccc(-c3cc(F)c(C(F)(F)Oc4cc(F)c(F)c(F)c4)c(F)c3F)c(F)c2)cc1. The van der Waals surface area contributed by atoms with Crippen LogP contribution in [0.5, 0.6) is 5.75 Å². The molecule has 0 spiro atoms. The molecule has 0 bridgehead atoms. The average Bonchev–Trinajstić information content (AvgIpc) is 2.85. The molecule has 0 saturated carbocycles. The van der Waals surface area contributed by atoms with Crippen LogP contribution in [0.15, 0.2) is 60.7 Å². The topological polar surface area (TPSA) is 9.23 Å². The highest BCUT2D eigenvalue weighted by molar-refractivity contribution is 5.72. The average molecular weight is 540 g/mol. The summed E-state index contributed by atoms with van der Waals surface area (Å²) in [6.45, 7) is 2.02. The van der Waals surface area contributed by atoms with Gasteiger partial charge in [0, 0.05) is 23.3 Å². The lowest BCUT2D eigenvalue weighted by Crippen LogP contribution is -2.26. The third-order valence-corrected chi connectivity index (χ3v) is 5.74. The zero-order valence-electron chi connectivity index (χ0n) is 19.5. The predicted molar refractivity (Wildman–Crippen MR) is 122 cm³/mol. The second-order valence-corrected chi connectivity index (χ2v) is 8.37. The molecule has 0 aliphatic heterocycles. The standard InChI is InChI=1S/C28H17F9O/c1-2-3-14-4-6-15(7-5-14)16-8-9-18(20(29)10-16)19-13-21(30)24(27(35)25(19)33)28(36,37)38-17-11-22(31)26(34)23(32)12-17/h4-13H,2-3H2,1H3. The summed E-state index contributed by atoms with van der Waals surface area (Å²) >= 11 is 0. The summed E-state index contributed by atoms with van der Waals surface area (Å²) in [5.41, 5.74) is -1.75. The highest BCUT2D eigenvalue weighted by atomic mass is 19.3. The Labute approximate surface area is 211 Å². The molecule has 0 aromatic heterocycles. The maximum absolute atomic E-state index is 14.9. The van der Waals surface area contributed by atoms with Gasteiger partial charge in [0.2, 0.25) is 0 Å². The molecule has 38 heavy (non-hydrogen) atoms. The highest BCUT2D eigenvalue weighted by Gasteiger charge is 2.43. The van der Waals surface area contributed by atoms with Crippen LogP contribution in [0.25, 0.3) is 22.3 Å². The smallest absolute Gasteiger partial charge is 0.429 e. The summed E-state index contributed by atoms with van der Waals surface area (Å²) in [5.74, 6) is -14.7. The van der Waals surface area contributed by atoms with Gasteiger partial charge in [-0.2, -0.15) is 8.78 Å². The predicted octanol–water partition coefficient (Wildman–Crippen LogP) is 9.08. The second-order valence-electron chi connectivity index (χ2n) is 8.37. The maximum atomic E-state index is 14.9. The Hall–Kier alpha value is -3.95. The maximum Gasteiger partial charge on any atom is 0.432 e. The largest absolute Gasteiger partial charge is 0.432 e. The van der Waals surface area contributed by atoms with E-state index in [2.05, 4.69) is 4.74 Å². The fraction of sp³-hybridized carbons (Fsp3) is 0.143. The number of hydrogen-bond acceptors (Lipinski definition) is 1. The van der Waals surface area contributed by atoms with E-state index in [-0.39, 0.29) is 18.2 Å². The molecule has 10 heteroatoms. The molecule has 4 aromatic rings. The van der Waals surface area contributed by atoms with Crippen molar-refractivity contribution in [1.29, 1.82) is 0 Å². The van der Waals surface area contributed by atoms with Gasteiger partial charge < -0.3 is 4.74 Å². The summed E-state index contributed by atoms with van der Waals surface area (Å²) in [7, 11) is 0. The van der Waals surface area contributed by atoms with Gasteiger partial charge in [-0.25, -0.2) is 30.7 Å². The van der Waals surface area contributed by atoms with Crippen molar-refractivity contribution in [2.75, 3.05) is 0 Å². The molecule has 0 aliphatic rings. The Morgan fingerprint density at radius 2 is 1.21 bits per heavy atom. The molecule has 0 radical (unpaired) electrons. The van der Waals surface area contributed by atoms with Crippen molar-refractivity contribution in [3.8, 4) is 28.0 Å². The summed E-state index contributed by atoms with van der Waals surface area (Å²) in [4.78, 5) is 0. The summed E-state index contributed by atoms with van der Waals surface area (Å²) in [5, 5.41) is 0. The molecule has 4 aromatic carbocycles. The zero-order valence-corrected chi connectivity index (χ0v) is 19.5. The summed E-state index contributed by atoms with van der Waals surface area (Å²) in [6, 6.07) is 10.8. The molecular weight excluding hydrogens is 523 g/mol. The summed E-state index contributed by atoms with van der Waals surface area (Å²) in [6.07, 6.45) is -3.21. The first-order valence-electron chi connectivity index (χ1n) is 11.2. The van der Waals surface area contributed by atoms with Crippen LogP contribution >= 0.6 is 0 Å². The first kappa shape index (κ1) is 27.1. The molecule has 1 nitrogen and oxygen atoms in total.